The van der Waals surface area contributed by atoms with Crippen molar-refractivity contribution in [3.63, 3.8) is 0 Å². The molecule has 6 nitrogen and oxygen atoms in total. The van der Waals surface area contributed by atoms with Gasteiger partial charge in [-0.15, -0.1) is 0 Å². The van der Waals surface area contributed by atoms with Gasteiger partial charge in [-0.05, 0) is 47.9 Å². The van der Waals surface area contributed by atoms with Crippen molar-refractivity contribution in [2.45, 2.75) is 20.0 Å². The Morgan fingerprint density at radius 2 is 1.88 bits per heavy atom. The number of hydrogen-bond donors (Lipinski definition) is 1. The minimum atomic E-state index is -0.420. The molecule has 1 amide bonds. The quantitative estimate of drug-likeness (QED) is 0.334. The molecule has 0 spiro atoms. The number of nitrogens with zero attached hydrogens (tertiary/aromatic N) is 2. The topological polar surface area (TPSA) is 76.3 Å². The van der Waals surface area contributed by atoms with E-state index in [1.165, 1.54) is 11.1 Å². The molecule has 6 heteroatoms. The van der Waals surface area contributed by atoms with E-state index < -0.39 is 5.91 Å². The van der Waals surface area contributed by atoms with E-state index in [1.807, 2.05) is 54.7 Å². The summed E-state index contributed by atoms with van der Waals surface area (Å²) < 4.78 is 12.9. The standard InChI is InChI=1S/C28H23N3O3/c1-19-6-2-3-7-21(19)16-31-17-23(24-8-4-5-9-25(24)31)13-22(14-29)28(32)30-15-20-10-11-26-27(12-20)34-18-33-26/h2-13,17H,15-16,18H2,1H3,(H,30,32)/b22-13-. The second kappa shape index (κ2) is 9.16. The third-order valence-electron chi connectivity index (χ3n) is 5.98. The van der Waals surface area contributed by atoms with E-state index >= 15 is 0 Å². The summed E-state index contributed by atoms with van der Waals surface area (Å²) in [4.78, 5) is 12.8. The molecule has 0 saturated carbocycles. The summed E-state index contributed by atoms with van der Waals surface area (Å²) in [5, 5.41) is 13.5. The Morgan fingerprint density at radius 1 is 1.09 bits per heavy atom. The Hall–Kier alpha value is -4.50. The maximum absolute atomic E-state index is 12.8. The van der Waals surface area contributed by atoms with Crippen molar-refractivity contribution >= 4 is 22.9 Å². The first-order valence-electron chi connectivity index (χ1n) is 11.0. The molecule has 0 saturated heterocycles. The third kappa shape index (κ3) is 4.24. The summed E-state index contributed by atoms with van der Waals surface area (Å²) in [6.07, 6.45) is 3.66. The van der Waals surface area contributed by atoms with E-state index in [2.05, 4.69) is 41.1 Å². The van der Waals surface area contributed by atoms with Gasteiger partial charge in [0.25, 0.3) is 5.91 Å². The lowest BCUT2D eigenvalue weighted by atomic mass is 10.1. The Kier molecular flexibility index (Phi) is 5.75. The van der Waals surface area contributed by atoms with E-state index in [4.69, 9.17) is 9.47 Å². The van der Waals surface area contributed by atoms with Gasteiger partial charge in [0, 0.05) is 35.8 Å². The van der Waals surface area contributed by atoms with Crippen LogP contribution in [0.5, 0.6) is 11.5 Å². The molecule has 2 heterocycles. The van der Waals surface area contributed by atoms with Gasteiger partial charge in [-0.25, -0.2) is 0 Å². The number of benzene rings is 3. The summed E-state index contributed by atoms with van der Waals surface area (Å²) in [5.74, 6) is 0.926. The summed E-state index contributed by atoms with van der Waals surface area (Å²) in [6.45, 7) is 3.28. The van der Waals surface area contributed by atoms with Gasteiger partial charge >= 0.3 is 0 Å². The van der Waals surface area contributed by atoms with E-state index in [1.54, 1.807) is 6.08 Å². The van der Waals surface area contributed by atoms with E-state index in [9.17, 15) is 10.1 Å². The zero-order chi connectivity index (χ0) is 23.5. The molecule has 1 N–H and O–H groups in total. The first kappa shape index (κ1) is 21.4. The number of nitrogens with one attached hydrogen (secondary N) is 1. The Balaban J connectivity index is 1.39. The molecular weight excluding hydrogens is 426 g/mol. The normalized spacial score (nSPS) is 12.5. The van der Waals surface area contributed by atoms with Gasteiger partial charge in [-0.1, -0.05) is 48.5 Å². The van der Waals surface area contributed by atoms with Gasteiger partial charge in [0.15, 0.2) is 11.5 Å². The van der Waals surface area contributed by atoms with Gasteiger partial charge in [0.2, 0.25) is 6.79 Å². The SMILES string of the molecule is Cc1ccccc1Cn1cc(/C=C(/C#N)C(=O)NCc2ccc3c(c2)OCO3)c2ccccc21. The Labute approximate surface area is 197 Å². The molecule has 0 unspecified atom stereocenters. The van der Waals surface area contributed by atoms with Crippen molar-refractivity contribution in [2.24, 2.45) is 0 Å². The maximum Gasteiger partial charge on any atom is 0.262 e. The zero-order valence-corrected chi connectivity index (χ0v) is 18.7. The van der Waals surface area contributed by atoms with Crippen LogP contribution in [0, 0.1) is 18.3 Å². The molecular formula is C28H23N3O3. The van der Waals surface area contributed by atoms with Crippen LogP contribution in [0.2, 0.25) is 0 Å². The number of ether oxygens (including phenoxy) is 2. The first-order chi connectivity index (χ1) is 16.6. The minimum Gasteiger partial charge on any atom is -0.454 e. The average Bonchev–Trinajstić information content (AvgIpc) is 3.47. The highest BCUT2D eigenvalue weighted by atomic mass is 16.7. The van der Waals surface area contributed by atoms with Crippen LogP contribution in [0.1, 0.15) is 22.3 Å². The van der Waals surface area contributed by atoms with Crippen molar-refractivity contribution in [1.29, 1.82) is 5.26 Å². The number of carbonyl (C=O) groups is 1. The number of amides is 1. The molecule has 3 aromatic carbocycles. The van der Waals surface area contributed by atoms with Crippen LogP contribution >= 0.6 is 0 Å². The van der Waals surface area contributed by atoms with E-state index in [0.717, 1.165) is 22.0 Å². The monoisotopic (exact) mass is 449 g/mol. The molecule has 34 heavy (non-hydrogen) atoms. The fourth-order valence-electron chi connectivity index (χ4n) is 4.12. The molecule has 0 aliphatic carbocycles. The molecule has 0 fully saturated rings. The highest BCUT2D eigenvalue weighted by Crippen LogP contribution is 2.32. The molecule has 1 aliphatic rings. The predicted molar refractivity (Wildman–Crippen MR) is 130 cm³/mol. The van der Waals surface area contributed by atoms with Crippen molar-refractivity contribution in [3.05, 3.63) is 101 Å². The number of aromatic nitrogens is 1. The largest absolute Gasteiger partial charge is 0.454 e. The second-order valence-corrected chi connectivity index (χ2v) is 8.20. The van der Waals surface area contributed by atoms with Gasteiger partial charge in [-0.2, -0.15) is 5.26 Å². The number of aryl methyl sites for hydroxylation is 1. The third-order valence-corrected chi connectivity index (χ3v) is 5.98. The smallest absolute Gasteiger partial charge is 0.262 e. The lowest BCUT2D eigenvalue weighted by Gasteiger charge is -2.08. The van der Waals surface area contributed by atoms with Crippen LogP contribution in [0.4, 0.5) is 0 Å². The van der Waals surface area contributed by atoms with Crippen molar-refractivity contribution in [2.75, 3.05) is 6.79 Å². The van der Waals surface area contributed by atoms with Crippen LogP contribution in [0.3, 0.4) is 0 Å². The van der Waals surface area contributed by atoms with E-state index in [-0.39, 0.29) is 18.9 Å². The minimum absolute atomic E-state index is 0.0551. The highest BCUT2D eigenvalue weighted by molar-refractivity contribution is 6.04. The lowest BCUT2D eigenvalue weighted by Crippen LogP contribution is -2.23. The average molecular weight is 450 g/mol. The Bertz CT molecular complexity index is 1460. The molecule has 1 aliphatic heterocycles. The molecule has 4 aromatic rings. The summed E-state index contributed by atoms with van der Waals surface area (Å²) in [6, 6.07) is 23.9. The predicted octanol–water partition coefficient (Wildman–Crippen LogP) is 4.95. The molecule has 0 bridgehead atoms. The summed E-state index contributed by atoms with van der Waals surface area (Å²) in [7, 11) is 0. The van der Waals surface area contributed by atoms with Gasteiger partial charge in [0.1, 0.15) is 11.6 Å². The lowest BCUT2D eigenvalue weighted by molar-refractivity contribution is -0.117. The molecule has 1 aromatic heterocycles. The van der Waals surface area contributed by atoms with Crippen LogP contribution in [-0.4, -0.2) is 17.3 Å². The molecule has 0 radical (unpaired) electrons. The van der Waals surface area contributed by atoms with Crippen molar-refractivity contribution in [1.82, 2.24) is 9.88 Å². The van der Waals surface area contributed by atoms with Crippen molar-refractivity contribution < 1.29 is 14.3 Å². The van der Waals surface area contributed by atoms with Crippen LogP contribution in [0.15, 0.2) is 78.5 Å². The van der Waals surface area contributed by atoms with Gasteiger partial charge < -0.3 is 19.4 Å². The highest BCUT2D eigenvalue weighted by Gasteiger charge is 2.15. The molecule has 168 valence electrons. The van der Waals surface area contributed by atoms with Crippen molar-refractivity contribution in [3.8, 4) is 17.6 Å². The van der Waals surface area contributed by atoms with Gasteiger partial charge in [-0.3, -0.25) is 4.79 Å². The number of rotatable bonds is 6. The Morgan fingerprint density at radius 3 is 2.74 bits per heavy atom. The maximum atomic E-state index is 12.8. The summed E-state index contributed by atoms with van der Waals surface area (Å²) in [5.41, 5.74) is 5.25. The number of carbonyl (C=O) groups excluding carboxylic acids is 1. The van der Waals surface area contributed by atoms with Crippen LogP contribution in [0.25, 0.3) is 17.0 Å². The number of fused-ring (bicyclic) bond motifs is 2. The van der Waals surface area contributed by atoms with Crippen LogP contribution in [-0.2, 0) is 17.9 Å². The fourth-order valence-corrected chi connectivity index (χ4v) is 4.12. The zero-order valence-electron chi connectivity index (χ0n) is 18.7. The second-order valence-electron chi connectivity index (χ2n) is 8.20. The van der Waals surface area contributed by atoms with Gasteiger partial charge in [0.05, 0.1) is 0 Å². The fraction of sp³-hybridized carbons (Fsp3) is 0.143. The summed E-state index contributed by atoms with van der Waals surface area (Å²) >= 11 is 0. The number of nitriles is 1. The first-order valence-corrected chi connectivity index (χ1v) is 11.0. The molecule has 5 rings (SSSR count). The van der Waals surface area contributed by atoms with E-state index in [0.29, 0.717) is 18.0 Å². The molecule has 0 atom stereocenters. The number of para-hydroxylation sites is 1. The number of hydrogen-bond acceptors (Lipinski definition) is 4. The van der Waals surface area contributed by atoms with Crippen LogP contribution < -0.4 is 14.8 Å².